The molecule has 0 saturated heterocycles. The van der Waals surface area contributed by atoms with Crippen molar-refractivity contribution >= 4 is 21.8 Å². The largest absolute Gasteiger partial charge is 0.309 e. The Morgan fingerprint density at radius 3 is 1.31 bits per heavy atom. The van der Waals surface area contributed by atoms with Crippen LogP contribution >= 0.6 is 0 Å². The molecule has 0 N–H and O–H groups in total. The van der Waals surface area contributed by atoms with Gasteiger partial charge in [-0.15, -0.1) is 0 Å². The van der Waals surface area contributed by atoms with Gasteiger partial charge in [0.15, 0.2) is 0 Å². The number of nitrogens with zero attached hydrogens (tertiary/aromatic N) is 3. The van der Waals surface area contributed by atoms with Gasteiger partial charge in [0.2, 0.25) is 0 Å². The maximum absolute atomic E-state index is 9.15. The first-order chi connectivity index (χ1) is 17.2. The molecule has 3 nitrogen and oxygen atoms in total. The Bertz CT molecular complexity index is 1660. The lowest BCUT2D eigenvalue weighted by atomic mass is 9.99. The molecule has 6 aromatic rings. The summed E-state index contributed by atoms with van der Waals surface area (Å²) in [5.41, 5.74) is 9.08. The fraction of sp³-hybridized carbons (Fsp3) is 0. The molecule has 5 aromatic carbocycles. The second-order valence-corrected chi connectivity index (χ2v) is 8.51. The van der Waals surface area contributed by atoms with Gasteiger partial charge in [-0.1, -0.05) is 54.6 Å². The summed E-state index contributed by atoms with van der Waals surface area (Å²) in [4.78, 5) is 0. The van der Waals surface area contributed by atoms with Gasteiger partial charge in [-0.25, -0.2) is 0 Å². The van der Waals surface area contributed by atoms with E-state index in [1.54, 1.807) is 0 Å². The average Bonchev–Trinajstić information content (AvgIpc) is 3.26. The van der Waals surface area contributed by atoms with Crippen LogP contribution in [0.5, 0.6) is 0 Å². The highest BCUT2D eigenvalue weighted by Gasteiger charge is 2.14. The first-order valence-electron chi connectivity index (χ1n) is 11.4. The monoisotopic (exact) mass is 445 g/mol. The number of nitriles is 2. The minimum atomic E-state index is 0.655. The molecule has 0 amide bonds. The lowest BCUT2D eigenvalue weighted by molar-refractivity contribution is 1.18. The fourth-order valence-electron chi connectivity index (χ4n) is 4.71. The SMILES string of the molecule is N#Cc1ccc(-c2ccc3c(c2)c2cc(-c4ccc(C#N)cc4)ccc2n3-c2ccccc2)cc1. The zero-order valence-corrected chi connectivity index (χ0v) is 18.8. The summed E-state index contributed by atoms with van der Waals surface area (Å²) in [5, 5.41) is 20.6. The first kappa shape index (κ1) is 20.5. The van der Waals surface area contributed by atoms with Gasteiger partial charge in [0.25, 0.3) is 0 Å². The number of hydrogen-bond acceptors (Lipinski definition) is 2. The maximum atomic E-state index is 9.15. The van der Waals surface area contributed by atoms with Crippen LogP contribution in [0.3, 0.4) is 0 Å². The van der Waals surface area contributed by atoms with Crippen molar-refractivity contribution in [3.63, 3.8) is 0 Å². The van der Waals surface area contributed by atoms with E-state index in [4.69, 9.17) is 10.5 Å². The van der Waals surface area contributed by atoms with Crippen molar-refractivity contribution in [2.45, 2.75) is 0 Å². The van der Waals surface area contributed by atoms with Crippen molar-refractivity contribution in [2.75, 3.05) is 0 Å². The molecule has 0 radical (unpaired) electrons. The molecule has 6 rings (SSSR count). The van der Waals surface area contributed by atoms with Crippen LogP contribution in [-0.2, 0) is 0 Å². The van der Waals surface area contributed by atoms with Gasteiger partial charge in [0.05, 0.1) is 34.3 Å². The highest BCUT2D eigenvalue weighted by atomic mass is 15.0. The standard InChI is InChI=1S/C32H19N3/c33-20-22-6-10-24(11-7-22)26-14-16-31-29(18-26)30-19-27(25-12-8-23(21-34)9-13-25)15-17-32(30)35(31)28-4-2-1-3-5-28/h1-19H. The number of hydrogen-bond donors (Lipinski definition) is 0. The van der Waals surface area contributed by atoms with Crippen LogP contribution in [0.1, 0.15) is 11.1 Å². The molecule has 0 unspecified atom stereocenters. The summed E-state index contributed by atoms with van der Waals surface area (Å²) in [7, 11) is 0. The van der Waals surface area contributed by atoms with E-state index in [2.05, 4.69) is 77.4 Å². The van der Waals surface area contributed by atoms with E-state index in [-0.39, 0.29) is 0 Å². The van der Waals surface area contributed by atoms with E-state index >= 15 is 0 Å². The Balaban J connectivity index is 1.60. The molecule has 1 heterocycles. The molecule has 0 aliphatic heterocycles. The predicted octanol–water partition coefficient (Wildman–Crippen LogP) is 7.86. The van der Waals surface area contributed by atoms with E-state index in [0.717, 1.165) is 39.0 Å². The summed E-state index contributed by atoms with van der Waals surface area (Å²) in [6, 6.07) is 43.3. The number of benzene rings is 5. The van der Waals surface area contributed by atoms with Crippen LogP contribution in [0, 0.1) is 22.7 Å². The van der Waals surface area contributed by atoms with Gasteiger partial charge in [-0.3, -0.25) is 0 Å². The molecule has 162 valence electrons. The molecule has 1 aromatic heterocycles. The summed E-state index contributed by atoms with van der Waals surface area (Å²) >= 11 is 0. The van der Waals surface area contributed by atoms with Crippen molar-refractivity contribution in [3.05, 3.63) is 126 Å². The van der Waals surface area contributed by atoms with Crippen molar-refractivity contribution < 1.29 is 0 Å². The van der Waals surface area contributed by atoms with Gasteiger partial charge >= 0.3 is 0 Å². The first-order valence-corrected chi connectivity index (χ1v) is 11.4. The van der Waals surface area contributed by atoms with E-state index < -0.39 is 0 Å². The Labute approximate surface area is 203 Å². The number of rotatable bonds is 3. The highest BCUT2D eigenvalue weighted by molar-refractivity contribution is 6.11. The number of para-hydroxylation sites is 1. The molecular weight excluding hydrogens is 426 g/mol. The molecule has 0 fully saturated rings. The average molecular weight is 446 g/mol. The van der Waals surface area contributed by atoms with Crippen LogP contribution < -0.4 is 0 Å². The van der Waals surface area contributed by atoms with Crippen LogP contribution in [0.25, 0.3) is 49.7 Å². The zero-order valence-electron chi connectivity index (χ0n) is 18.8. The summed E-state index contributed by atoms with van der Waals surface area (Å²) in [5.74, 6) is 0. The third-order valence-electron chi connectivity index (χ3n) is 6.47. The van der Waals surface area contributed by atoms with Crippen LogP contribution in [-0.4, -0.2) is 4.57 Å². The summed E-state index contributed by atoms with van der Waals surface area (Å²) in [6.45, 7) is 0. The Morgan fingerprint density at radius 2 is 0.886 bits per heavy atom. The lowest BCUT2D eigenvalue weighted by Crippen LogP contribution is -1.93. The van der Waals surface area contributed by atoms with Gasteiger partial charge < -0.3 is 4.57 Å². The van der Waals surface area contributed by atoms with Gasteiger partial charge in [0, 0.05) is 16.5 Å². The van der Waals surface area contributed by atoms with Crippen molar-refractivity contribution in [3.8, 4) is 40.1 Å². The maximum Gasteiger partial charge on any atom is 0.0991 e. The summed E-state index contributed by atoms with van der Waals surface area (Å²) in [6.07, 6.45) is 0. The van der Waals surface area contributed by atoms with E-state index in [1.807, 2.05) is 54.6 Å². The predicted molar refractivity (Wildman–Crippen MR) is 141 cm³/mol. The molecule has 0 spiro atoms. The van der Waals surface area contributed by atoms with Crippen molar-refractivity contribution in [1.29, 1.82) is 10.5 Å². The molecule has 3 heteroatoms. The number of aromatic nitrogens is 1. The van der Waals surface area contributed by atoms with Crippen LogP contribution in [0.2, 0.25) is 0 Å². The van der Waals surface area contributed by atoms with Crippen molar-refractivity contribution in [2.24, 2.45) is 0 Å². The number of fused-ring (bicyclic) bond motifs is 3. The molecule has 0 atom stereocenters. The topological polar surface area (TPSA) is 52.5 Å². The highest BCUT2D eigenvalue weighted by Crippen LogP contribution is 2.37. The van der Waals surface area contributed by atoms with Crippen LogP contribution in [0.15, 0.2) is 115 Å². The molecule has 0 bridgehead atoms. The van der Waals surface area contributed by atoms with E-state index in [0.29, 0.717) is 11.1 Å². The third-order valence-corrected chi connectivity index (χ3v) is 6.47. The van der Waals surface area contributed by atoms with Gasteiger partial charge in [0.1, 0.15) is 0 Å². The van der Waals surface area contributed by atoms with Crippen molar-refractivity contribution in [1.82, 2.24) is 4.57 Å². The Kier molecular flexibility index (Phi) is 4.88. The minimum absolute atomic E-state index is 0.655. The van der Waals surface area contributed by atoms with Gasteiger partial charge in [-0.2, -0.15) is 10.5 Å². The quantitative estimate of drug-likeness (QED) is 0.278. The Hall–Kier alpha value is -5.12. The minimum Gasteiger partial charge on any atom is -0.309 e. The van der Waals surface area contributed by atoms with Crippen LogP contribution in [0.4, 0.5) is 0 Å². The summed E-state index contributed by atoms with van der Waals surface area (Å²) < 4.78 is 2.30. The second-order valence-electron chi connectivity index (χ2n) is 8.51. The smallest absolute Gasteiger partial charge is 0.0991 e. The van der Waals surface area contributed by atoms with Gasteiger partial charge in [-0.05, 0) is 82.9 Å². The fourth-order valence-corrected chi connectivity index (χ4v) is 4.71. The van der Waals surface area contributed by atoms with E-state index in [9.17, 15) is 0 Å². The second kappa shape index (κ2) is 8.34. The molecular formula is C32H19N3. The molecule has 0 saturated carbocycles. The molecule has 35 heavy (non-hydrogen) atoms. The molecule has 0 aliphatic rings. The normalized spacial score (nSPS) is 10.8. The lowest BCUT2D eigenvalue weighted by Gasteiger charge is -2.08. The Morgan fingerprint density at radius 1 is 0.457 bits per heavy atom. The third kappa shape index (κ3) is 3.53. The zero-order chi connectivity index (χ0) is 23.8. The molecule has 0 aliphatic carbocycles. The van der Waals surface area contributed by atoms with E-state index in [1.165, 1.54) is 10.8 Å².